The van der Waals surface area contributed by atoms with Crippen LogP contribution < -0.4 is 4.90 Å². The first-order valence-electron chi connectivity index (χ1n) is 13.0. The first kappa shape index (κ1) is 27.3. The van der Waals surface area contributed by atoms with Crippen molar-refractivity contribution < 1.29 is 17.7 Å². The topological polar surface area (TPSA) is 85.5 Å². The van der Waals surface area contributed by atoms with Gasteiger partial charge in [-0.2, -0.15) is 13.2 Å². The van der Waals surface area contributed by atoms with E-state index in [2.05, 4.69) is 20.1 Å². The van der Waals surface area contributed by atoms with Crippen molar-refractivity contribution in [2.75, 3.05) is 18.0 Å². The Hall–Kier alpha value is -2.93. The van der Waals surface area contributed by atoms with E-state index in [0.29, 0.717) is 35.0 Å². The van der Waals surface area contributed by atoms with Crippen LogP contribution in [-0.4, -0.2) is 52.6 Å². The van der Waals surface area contributed by atoms with Gasteiger partial charge in [0.15, 0.2) is 11.5 Å². The van der Waals surface area contributed by atoms with Crippen LogP contribution in [0.15, 0.2) is 41.6 Å². The highest BCUT2D eigenvalue weighted by atomic mass is 35.5. The first-order valence-corrected chi connectivity index (χ1v) is 14.5. The number of fused-ring (bicyclic) bond motifs is 4. The zero-order valence-electron chi connectivity index (χ0n) is 22.0. The van der Waals surface area contributed by atoms with E-state index in [9.17, 15) is 17.7 Å². The highest BCUT2D eigenvalue weighted by Gasteiger charge is 2.40. The van der Waals surface area contributed by atoms with Gasteiger partial charge in [-0.15, -0.1) is 14.5 Å². The summed E-state index contributed by atoms with van der Waals surface area (Å²) in [6.45, 7) is 5.56. The number of hydrogen-bond acceptors (Lipinski definition) is 7. The molecule has 13 heteroatoms. The summed E-state index contributed by atoms with van der Waals surface area (Å²) in [5.41, 5.74) is 4.11. The lowest BCUT2D eigenvalue weighted by Gasteiger charge is -2.35. The van der Waals surface area contributed by atoms with E-state index >= 15 is 0 Å². The molecule has 0 aromatic carbocycles. The number of hydrogen-bond donors (Lipinski definition) is 0. The third-order valence-corrected chi connectivity index (χ3v) is 9.31. The molecule has 6 rings (SSSR count). The molecule has 0 amide bonds. The van der Waals surface area contributed by atoms with Crippen LogP contribution in [0.2, 0.25) is 5.02 Å². The summed E-state index contributed by atoms with van der Waals surface area (Å²) in [5, 5.41) is 7.58. The SMILES string of the molecule is Cc1ccc(Cc2ccn3c(C(F)(F)F)nnc3c2C)nc1CN1CC2CCCCN2c2ncc(Cl)cc2[S+]1[O-]. The predicted molar refractivity (Wildman–Crippen MR) is 146 cm³/mol. The largest absolute Gasteiger partial charge is 0.593 e. The smallest absolute Gasteiger partial charge is 0.452 e. The van der Waals surface area contributed by atoms with Crippen LogP contribution in [0.4, 0.5) is 19.0 Å². The number of anilines is 1. The van der Waals surface area contributed by atoms with E-state index in [1.54, 1.807) is 25.3 Å². The van der Waals surface area contributed by atoms with Gasteiger partial charge in [-0.25, -0.2) is 4.98 Å². The molecule has 2 atom stereocenters. The van der Waals surface area contributed by atoms with Crippen molar-refractivity contribution in [3.05, 3.63) is 75.6 Å². The molecule has 0 saturated carbocycles. The van der Waals surface area contributed by atoms with Crippen molar-refractivity contribution in [1.82, 2.24) is 28.9 Å². The van der Waals surface area contributed by atoms with Gasteiger partial charge in [0.1, 0.15) is 0 Å². The molecule has 2 unspecified atom stereocenters. The zero-order valence-corrected chi connectivity index (χ0v) is 23.5. The van der Waals surface area contributed by atoms with Crippen LogP contribution in [0.25, 0.3) is 5.65 Å². The molecule has 6 heterocycles. The normalized spacial score (nSPS) is 19.9. The quantitative estimate of drug-likeness (QED) is 0.299. The Bertz CT molecular complexity index is 1580. The molecule has 1 fully saturated rings. The van der Waals surface area contributed by atoms with Crippen molar-refractivity contribution in [3.63, 3.8) is 0 Å². The van der Waals surface area contributed by atoms with Crippen LogP contribution in [-0.2, 0) is 30.5 Å². The van der Waals surface area contributed by atoms with Crippen LogP contribution in [0.5, 0.6) is 0 Å². The molecular weight excluding hydrogens is 563 g/mol. The number of piperidine rings is 1. The number of aromatic nitrogens is 5. The molecule has 8 nitrogen and oxygen atoms in total. The summed E-state index contributed by atoms with van der Waals surface area (Å²) >= 11 is 4.78. The van der Waals surface area contributed by atoms with Crippen molar-refractivity contribution in [2.45, 2.75) is 63.2 Å². The Morgan fingerprint density at radius 1 is 1.15 bits per heavy atom. The molecule has 2 aliphatic rings. The van der Waals surface area contributed by atoms with Crippen molar-refractivity contribution in [2.24, 2.45) is 0 Å². The minimum Gasteiger partial charge on any atom is -0.593 e. The number of halogens is 4. The summed E-state index contributed by atoms with van der Waals surface area (Å²) in [6.07, 6.45) is 1.94. The van der Waals surface area contributed by atoms with E-state index < -0.39 is 23.4 Å². The van der Waals surface area contributed by atoms with Gasteiger partial charge in [0, 0.05) is 43.2 Å². The maximum absolute atomic E-state index is 13.9. The van der Waals surface area contributed by atoms with Gasteiger partial charge in [0.2, 0.25) is 10.7 Å². The number of pyridine rings is 3. The summed E-state index contributed by atoms with van der Waals surface area (Å²) < 4.78 is 56.6. The van der Waals surface area contributed by atoms with Crippen molar-refractivity contribution >= 4 is 34.4 Å². The average Bonchev–Trinajstić information content (AvgIpc) is 3.33. The molecule has 2 aliphatic heterocycles. The standard InChI is InChI=1S/C27H27ClF3N7OS/c1-16-6-7-20(11-18-8-10-38-24(17(18)2)34-35-26(38)27(29,30)31)33-22(16)15-36-14-21-5-3-4-9-37(21)25-23(40(36)39)12-19(28)13-32-25/h6-8,10,12-13,21H,3-5,9,11,14-15H2,1-2H3. The van der Waals surface area contributed by atoms with Gasteiger partial charge < -0.3 is 9.45 Å². The van der Waals surface area contributed by atoms with E-state index in [1.165, 1.54) is 6.20 Å². The molecule has 210 valence electrons. The Morgan fingerprint density at radius 2 is 1.98 bits per heavy atom. The van der Waals surface area contributed by atoms with Crippen molar-refractivity contribution in [3.8, 4) is 0 Å². The number of rotatable bonds is 4. The Morgan fingerprint density at radius 3 is 2.77 bits per heavy atom. The van der Waals surface area contributed by atoms with Gasteiger partial charge in [-0.05, 0) is 61.9 Å². The van der Waals surface area contributed by atoms with Crippen LogP contribution in [0.3, 0.4) is 0 Å². The molecule has 0 aliphatic carbocycles. The van der Waals surface area contributed by atoms with Gasteiger partial charge in [-0.1, -0.05) is 17.7 Å². The van der Waals surface area contributed by atoms with Crippen LogP contribution in [0, 0.1) is 13.8 Å². The lowest BCUT2D eigenvalue weighted by Crippen LogP contribution is -2.45. The zero-order chi connectivity index (χ0) is 28.2. The molecule has 0 bridgehead atoms. The van der Waals surface area contributed by atoms with Gasteiger partial charge in [0.25, 0.3) is 0 Å². The molecule has 40 heavy (non-hydrogen) atoms. The van der Waals surface area contributed by atoms with Crippen LogP contribution in [0.1, 0.15) is 53.2 Å². The van der Waals surface area contributed by atoms with E-state index in [1.807, 2.05) is 23.4 Å². The summed E-state index contributed by atoms with van der Waals surface area (Å²) in [5.74, 6) is -0.311. The summed E-state index contributed by atoms with van der Waals surface area (Å²) in [6, 6.07) is 7.47. The third kappa shape index (κ3) is 5.02. The Balaban J connectivity index is 1.29. The minimum absolute atomic E-state index is 0.167. The first-order chi connectivity index (χ1) is 19.1. The fourth-order valence-corrected chi connectivity index (χ4v) is 7.14. The lowest BCUT2D eigenvalue weighted by molar-refractivity contribution is -0.145. The highest BCUT2D eigenvalue weighted by molar-refractivity contribution is 7.89. The monoisotopic (exact) mass is 589 g/mol. The van der Waals surface area contributed by atoms with Gasteiger partial charge in [0.05, 0.1) is 35.2 Å². The van der Waals surface area contributed by atoms with Crippen LogP contribution >= 0.6 is 11.6 Å². The molecule has 1 saturated heterocycles. The molecule has 0 radical (unpaired) electrons. The van der Waals surface area contributed by atoms with Crippen molar-refractivity contribution in [1.29, 1.82) is 0 Å². The average molecular weight is 590 g/mol. The summed E-state index contributed by atoms with van der Waals surface area (Å²) in [7, 11) is 0. The fourth-order valence-electron chi connectivity index (χ4n) is 5.53. The second-order valence-corrected chi connectivity index (χ2v) is 12.2. The van der Waals surface area contributed by atoms with E-state index in [-0.39, 0.29) is 11.7 Å². The van der Waals surface area contributed by atoms with Gasteiger partial charge >= 0.3 is 6.18 Å². The number of aryl methyl sites for hydroxylation is 2. The second-order valence-electron chi connectivity index (χ2n) is 10.3. The van der Waals surface area contributed by atoms with Gasteiger partial charge in [-0.3, -0.25) is 9.38 Å². The highest BCUT2D eigenvalue weighted by Crippen LogP contribution is 2.37. The predicted octanol–water partition coefficient (Wildman–Crippen LogP) is 5.30. The fraction of sp³-hybridized carbons (Fsp3) is 0.407. The molecular formula is C27H27ClF3N7OS. The molecule has 0 spiro atoms. The third-order valence-electron chi connectivity index (χ3n) is 7.68. The maximum atomic E-state index is 13.9. The number of nitrogens with zero attached hydrogens (tertiary/aromatic N) is 7. The molecule has 4 aromatic heterocycles. The molecule has 4 aromatic rings. The maximum Gasteiger partial charge on any atom is 0.452 e. The van der Waals surface area contributed by atoms with E-state index in [0.717, 1.165) is 58.5 Å². The Kier molecular flexibility index (Phi) is 7.14. The Labute approximate surface area is 237 Å². The minimum atomic E-state index is -4.59. The summed E-state index contributed by atoms with van der Waals surface area (Å²) in [4.78, 5) is 12.4. The molecule has 0 N–H and O–H groups in total. The second kappa shape index (κ2) is 10.5. The number of alkyl halides is 3. The lowest BCUT2D eigenvalue weighted by atomic mass is 10.0. The van der Waals surface area contributed by atoms with E-state index in [4.69, 9.17) is 16.6 Å².